The van der Waals surface area contributed by atoms with Crippen LogP contribution >= 0.6 is 0 Å². The van der Waals surface area contributed by atoms with Crippen LogP contribution in [0, 0.1) is 0 Å². The van der Waals surface area contributed by atoms with Crippen LogP contribution in [0.3, 0.4) is 0 Å². The largest absolute Gasteiger partial charge is 0.463 e. The average Bonchev–Trinajstić information content (AvgIpc) is 3.00. The molecule has 0 aliphatic heterocycles. The zero-order chi connectivity index (χ0) is 21.8. The number of benzene rings is 2. The first-order chi connectivity index (χ1) is 14.3. The molecule has 0 amide bonds. The third-order valence-corrected chi connectivity index (χ3v) is 11.0. The molecular weight excluding hydrogens is 424 g/mol. The van der Waals surface area contributed by atoms with E-state index in [0.29, 0.717) is 12.8 Å². The second kappa shape index (κ2) is 8.73. The molecule has 2 aromatic rings. The molecule has 0 saturated heterocycles. The van der Waals surface area contributed by atoms with E-state index in [1.807, 2.05) is 0 Å². The van der Waals surface area contributed by atoms with Gasteiger partial charge in [-0.05, 0) is 50.5 Å². The highest BCUT2D eigenvalue weighted by Gasteiger charge is 2.57. The molecule has 0 radical (unpaired) electrons. The highest BCUT2D eigenvalue weighted by molar-refractivity contribution is 8.10. The molecule has 0 aromatic heterocycles. The van der Waals surface area contributed by atoms with Gasteiger partial charge in [-0.3, -0.25) is 0 Å². The summed E-state index contributed by atoms with van der Waals surface area (Å²) in [4.78, 5) is 12.3. The minimum Gasteiger partial charge on any atom is -0.463 e. The highest BCUT2D eigenvalue weighted by Crippen LogP contribution is 2.45. The molecule has 1 aliphatic rings. The van der Waals surface area contributed by atoms with Crippen LogP contribution in [0.2, 0.25) is 0 Å². The van der Waals surface area contributed by atoms with Crippen molar-refractivity contribution in [2.24, 2.45) is 0 Å². The summed E-state index contributed by atoms with van der Waals surface area (Å²) < 4.78 is 58.3. The Balaban J connectivity index is 2.27. The van der Waals surface area contributed by atoms with E-state index >= 15 is 0 Å². The molecule has 6 nitrogen and oxygen atoms in total. The number of rotatable bonds is 6. The molecule has 0 N–H and O–H groups in total. The molecule has 0 spiro atoms. The quantitative estimate of drug-likeness (QED) is 0.626. The summed E-state index contributed by atoms with van der Waals surface area (Å²) in [6, 6.07) is 15.1. The molecule has 0 unspecified atom stereocenters. The number of ether oxygens (including phenoxy) is 1. The van der Waals surface area contributed by atoms with Gasteiger partial charge in [-0.2, -0.15) is 0 Å². The SMILES string of the molecule is CCOC(=O)C1=CCCCC(S(=O)(=O)c2ccccc2)(S(=O)(=O)c2ccccc2)C1. The lowest BCUT2D eigenvalue weighted by atomic mass is 10.1. The van der Waals surface area contributed by atoms with Crippen molar-refractivity contribution in [2.75, 3.05) is 6.61 Å². The number of esters is 1. The summed E-state index contributed by atoms with van der Waals surface area (Å²) in [7, 11) is -8.74. The minimum absolute atomic E-state index is 0.0772. The lowest BCUT2D eigenvalue weighted by Gasteiger charge is -2.32. The molecule has 0 heterocycles. The molecule has 1 aliphatic carbocycles. The van der Waals surface area contributed by atoms with Crippen LogP contribution in [0.25, 0.3) is 0 Å². The molecule has 30 heavy (non-hydrogen) atoms. The first-order valence-electron chi connectivity index (χ1n) is 9.72. The first kappa shape index (κ1) is 22.2. The van der Waals surface area contributed by atoms with Gasteiger partial charge in [0.2, 0.25) is 0 Å². The Labute approximate surface area is 177 Å². The Morgan fingerprint density at radius 1 is 0.900 bits per heavy atom. The molecule has 8 heteroatoms. The lowest BCUT2D eigenvalue weighted by molar-refractivity contribution is -0.138. The molecule has 2 aromatic carbocycles. The zero-order valence-corrected chi connectivity index (χ0v) is 18.3. The van der Waals surface area contributed by atoms with Gasteiger partial charge in [-0.15, -0.1) is 0 Å². The van der Waals surface area contributed by atoms with E-state index in [4.69, 9.17) is 4.74 Å². The van der Waals surface area contributed by atoms with Crippen LogP contribution in [0.5, 0.6) is 0 Å². The number of hydrogen-bond acceptors (Lipinski definition) is 6. The number of carbonyl (C=O) groups excluding carboxylic acids is 1. The molecular formula is C22H24O6S2. The topological polar surface area (TPSA) is 94.6 Å². The Morgan fingerprint density at radius 3 is 1.87 bits per heavy atom. The van der Waals surface area contributed by atoms with Gasteiger partial charge >= 0.3 is 5.97 Å². The Bertz CT molecular complexity index is 1070. The molecule has 0 bridgehead atoms. The van der Waals surface area contributed by atoms with E-state index in [0.717, 1.165) is 0 Å². The lowest BCUT2D eigenvalue weighted by Crippen LogP contribution is -2.47. The maximum atomic E-state index is 13.8. The average molecular weight is 449 g/mol. The predicted molar refractivity (Wildman–Crippen MR) is 113 cm³/mol. The van der Waals surface area contributed by atoms with Crippen LogP contribution in [-0.4, -0.2) is 33.5 Å². The van der Waals surface area contributed by atoms with Crippen molar-refractivity contribution >= 4 is 25.6 Å². The van der Waals surface area contributed by atoms with Gasteiger partial charge in [0, 0.05) is 12.0 Å². The summed E-state index contributed by atoms with van der Waals surface area (Å²) in [6.07, 6.45) is 1.72. The second-order valence-corrected chi connectivity index (χ2v) is 11.8. The highest BCUT2D eigenvalue weighted by atomic mass is 32.3. The van der Waals surface area contributed by atoms with Crippen LogP contribution in [0.15, 0.2) is 82.1 Å². The summed E-state index contributed by atoms with van der Waals surface area (Å²) in [5.41, 5.74) is 0.0772. The normalized spacial score (nSPS) is 16.9. The Kier molecular flexibility index (Phi) is 6.47. The van der Waals surface area contributed by atoms with Crippen LogP contribution in [0.4, 0.5) is 0 Å². The zero-order valence-electron chi connectivity index (χ0n) is 16.7. The molecule has 0 saturated carbocycles. The second-order valence-electron chi connectivity index (χ2n) is 7.06. The van der Waals surface area contributed by atoms with Gasteiger partial charge in [-0.25, -0.2) is 21.6 Å². The van der Waals surface area contributed by atoms with E-state index in [2.05, 4.69) is 0 Å². The van der Waals surface area contributed by atoms with Crippen LogP contribution < -0.4 is 0 Å². The predicted octanol–water partition coefficient (Wildman–Crippen LogP) is 3.69. The van der Waals surface area contributed by atoms with Gasteiger partial charge in [-0.1, -0.05) is 42.5 Å². The maximum absolute atomic E-state index is 13.8. The number of hydrogen-bond donors (Lipinski definition) is 0. The Hall–Kier alpha value is -2.45. The van der Waals surface area contributed by atoms with Gasteiger partial charge < -0.3 is 4.74 Å². The summed E-state index contributed by atoms with van der Waals surface area (Å²) >= 11 is 0. The number of allylic oxidation sites excluding steroid dienone is 1. The monoisotopic (exact) mass is 448 g/mol. The van der Waals surface area contributed by atoms with Gasteiger partial charge in [0.15, 0.2) is 23.8 Å². The molecule has 3 rings (SSSR count). The van der Waals surface area contributed by atoms with Gasteiger partial charge in [0.05, 0.1) is 16.4 Å². The van der Waals surface area contributed by atoms with Crippen LogP contribution in [-0.2, 0) is 29.2 Å². The van der Waals surface area contributed by atoms with E-state index in [1.54, 1.807) is 49.4 Å². The van der Waals surface area contributed by atoms with Crippen molar-refractivity contribution in [2.45, 2.75) is 46.5 Å². The van der Waals surface area contributed by atoms with Crippen molar-refractivity contribution < 1.29 is 26.4 Å². The Morgan fingerprint density at radius 2 is 1.40 bits per heavy atom. The van der Waals surface area contributed by atoms with Gasteiger partial charge in [0.25, 0.3) is 0 Å². The summed E-state index contributed by atoms with van der Waals surface area (Å²) in [5, 5.41) is 0. The van der Waals surface area contributed by atoms with Gasteiger partial charge in [0.1, 0.15) is 0 Å². The van der Waals surface area contributed by atoms with Crippen molar-refractivity contribution in [1.82, 2.24) is 0 Å². The fourth-order valence-corrected chi connectivity index (χ4v) is 8.85. The molecule has 0 atom stereocenters. The van der Waals surface area contributed by atoms with E-state index < -0.39 is 36.1 Å². The fourth-order valence-electron chi connectivity index (χ4n) is 3.71. The van der Waals surface area contributed by atoms with Crippen molar-refractivity contribution in [3.8, 4) is 0 Å². The van der Waals surface area contributed by atoms with Crippen molar-refractivity contribution in [3.63, 3.8) is 0 Å². The first-order valence-corrected chi connectivity index (χ1v) is 12.7. The number of sulfone groups is 2. The van der Waals surface area contributed by atoms with Crippen molar-refractivity contribution in [1.29, 1.82) is 0 Å². The summed E-state index contributed by atoms with van der Waals surface area (Å²) in [6.45, 7) is 1.75. The molecule has 160 valence electrons. The standard InChI is InChI=1S/C22H24O6S2/c1-2-28-21(23)18-11-9-10-16-22(17-18,29(24,25)19-12-5-3-6-13-19)30(26,27)20-14-7-4-8-15-20/h3-8,11-15H,2,9-10,16-17H2,1H3. The van der Waals surface area contributed by atoms with E-state index in [1.165, 1.54) is 24.3 Å². The van der Waals surface area contributed by atoms with Crippen molar-refractivity contribution in [3.05, 3.63) is 72.3 Å². The van der Waals surface area contributed by atoms with E-state index in [9.17, 15) is 21.6 Å². The summed E-state index contributed by atoms with van der Waals surface area (Å²) in [5.74, 6) is -0.685. The fraction of sp³-hybridized carbons (Fsp3) is 0.318. The smallest absolute Gasteiger partial charge is 0.333 e. The minimum atomic E-state index is -4.37. The van der Waals surface area contributed by atoms with Crippen LogP contribution in [0.1, 0.15) is 32.6 Å². The third kappa shape index (κ3) is 3.81. The molecule has 0 fully saturated rings. The van der Waals surface area contributed by atoms with E-state index in [-0.39, 0.29) is 28.4 Å². The maximum Gasteiger partial charge on any atom is 0.333 e. The third-order valence-electron chi connectivity index (χ3n) is 5.24. The number of carbonyl (C=O) groups is 1.